The summed E-state index contributed by atoms with van der Waals surface area (Å²) < 4.78 is 25.2. The highest BCUT2D eigenvalue weighted by molar-refractivity contribution is 7.88. The van der Waals surface area contributed by atoms with Gasteiger partial charge in [-0.1, -0.05) is 0 Å². The second kappa shape index (κ2) is 8.80. The summed E-state index contributed by atoms with van der Waals surface area (Å²) in [5.41, 5.74) is 4.28. The minimum absolute atomic E-state index is 0.215. The number of aryl methyl sites for hydroxylation is 1. The van der Waals surface area contributed by atoms with Crippen LogP contribution in [0.15, 0.2) is 42.9 Å². The van der Waals surface area contributed by atoms with Crippen molar-refractivity contribution in [2.24, 2.45) is 0 Å². The Morgan fingerprint density at radius 1 is 1.13 bits per heavy atom. The number of hydrogen-bond acceptors (Lipinski definition) is 6. The van der Waals surface area contributed by atoms with Crippen LogP contribution in [0.4, 0.5) is 11.5 Å². The standard InChI is InChI=1S/C23H29N5O2S/c1-4-25-23-16(2)11-19(14-26-23)18-12-17-5-8-24-15-21(17)22(13-18)27-20-6-9-28(10-7-20)31(3,29)30/h5,8,11-15,20,27H,4,6-7,9-10H2,1-3H3,(H,25,26). The molecule has 8 heteroatoms. The third-order valence-electron chi connectivity index (χ3n) is 5.79. The molecule has 2 aromatic heterocycles. The van der Waals surface area contributed by atoms with Crippen LogP contribution >= 0.6 is 0 Å². The molecule has 7 nitrogen and oxygen atoms in total. The predicted octanol–water partition coefficient (Wildman–Crippen LogP) is 3.87. The van der Waals surface area contributed by atoms with E-state index in [1.54, 1.807) is 10.5 Å². The van der Waals surface area contributed by atoms with Crippen LogP contribution in [0.25, 0.3) is 21.9 Å². The van der Waals surface area contributed by atoms with Crippen LogP contribution in [0.2, 0.25) is 0 Å². The molecule has 0 saturated carbocycles. The molecule has 3 heterocycles. The molecule has 3 aromatic rings. The Morgan fingerprint density at radius 2 is 1.90 bits per heavy atom. The molecule has 0 unspecified atom stereocenters. The summed E-state index contributed by atoms with van der Waals surface area (Å²) in [6, 6.07) is 8.70. The van der Waals surface area contributed by atoms with Crippen molar-refractivity contribution in [1.82, 2.24) is 14.3 Å². The molecule has 0 bridgehead atoms. The molecule has 0 amide bonds. The van der Waals surface area contributed by atoms with Crippen molar-refractivity contribution in [1.29, 1.82) is 0 Å². The molecular weight excluding hydrogens is 410 g/mol. The number of aromatic nitrogens is 2. The highest BCUT2D eigenvalue weighted by Crippen LogP contribution is 2.33. The molecule has 31 heavy (non-hydrogen) atoms. The quantitative estimate of drug-likeness (QED) is 0.606. The van der Waals surface area contributed by atoms with Gasteiger partial charge in [0.2, 0.25) is 10.0 Å². The molecule has 1 aliphatic heterocycles. The number of anilines is 2. The smallest absolute Gasteiger partial charge is 0.211 e. The van der Waals surface area contributed by atoms with Crippen molar-refractivity contribution in [2.75, 3.05) is 36.5 Å². The average molecular weight is 440 g/mol. The van der Waals surface area contributed by atoms with Gasteiger partial charge in [0.05, 0.1) is 6.26 Å². The molecule has 1 saturated heterocycles. The van der Waals surface area contributed by atoms with E-state index in [9.17, 15) is 8.42 Å². The van der Waals surface area contributed by atoms with Gasteiger partial charge in [-0.15, -0.1) is 0 Å². The third-order valence-corrected chi connectivity index (χ3v) is 7.10. The van der Waals surface area contributed by atoms with Gasteiger partial charge in [0, 0.05) is 60.9 Å². The summed E-state index contributed by atoms with van der Waals surface area (Å²) in [4.78, 5) is 8.91. The fourth-order valence-corrected chi connectivity index (χ4v) is 5.00. The average Bonchev–Trinajstić information content (AvgIpc) is 2.75. The Kier molecular flexibility index (Phi) is 6.11. The van der Waals surface area contributed by atoms with Crippen LogP contribution in [0.3, 0.4) is 0 Å². The van der Waals surface area contributed by atoms with Crippen LogP contribution in [0, 0.1) is 6.92 Å². The van der Waals surface area contributed by atoms with Crippen molar-refractivity contribution >= 4 is 32.3 Å². The predicted molar refractivity (Wildman–Crippen MR) is 127 cm³/mol. The lowest BCUT2D eigenvalue weighted by Gasteiger charge is -2.31. The Balaban J connectivity index is 1.64. The van der Waals surface area contributed by atoms with Gasteiger partial charge < -0.3 is 10.6 Å². The maximum atomic E-state index is 11.8. The number of pyridine rings is 2. The Hall–Kier alpha value is -2.71. The first-order chi connectivity index (χ1) is 14.8. The Labute approximate surface area is 184 Å². The Morgan fingerprint density at radius 3 is 2.58 bits per heavy atom. The molecule has 164 valence electrons. The summed E-state index contributed by atoms with van der Waals surface area (Å²) >= 11 is 0. The number of fused-ring (bicyclic) bond motifs is 1. The van der Waals surface area contributed by atoms with E-state index in [0.29, 0.717) is 13.1 Å². The first-order valence-electron chi connectivity index (χ1n) is 10.7. The lowest BCUT2D eigenvalue weighted by molar-refractivity contribution is 0.332. The Bertz CT molecular complexity index is 1190. The second-order valence-corrected chi connectivity index (χ2v) is 10.1. The topological polar surface area (TPSA) is 87.2 Å². The van der Waals surface area contributed by atoms with Gasteiger partial charge in [-0.05, 0) is 67.5 Å². The number of rotatable bonds is 6. The van der Waals surface area contributed by atoms with Crippen molar-refractivity contribution in [3.05, 3.63) is 48.4 Å². The van der Waals surface area contributed by atoms with Crippen LogP contribution in [0.5, 0.6) is 0 Å². The van der Waals surface area contributed by atoms with Gasteiger partial charge in [-0.25, -0.2) is 17.7 Å². The van der Waals surface area contributed by atoms with Gasteiger partial charge in [-0.3, -0.25) is 4.98 Å². The van der Waals surface area contributed by atoms with Crippen LogP contribution in [-0.2, 0) is 10.0 Å². The molecule has 4 rings (SSSR count). The van der Waals surface area contributed by atoms with E-state index in [1.165, 1.54) is 6.26 Å². The van der Waals surface area contributed by atoms with Crippen LogP contribution < -0.4 is 10.6 Å². The van der Waals surface area contributed by atoms with Crippen molar-refractivity contribution in [3.8, 4) is 11.1 Å². The monoisotopic (exact) mass is 439 g/mol. The van der Waals surface area contributed by atoms with E-state index < -0.39 is 10.0 Å². The minimum atomic E-state index is -3.13. The number of hydrogen-bond donors (Lipinski definition) is 2. The minimum Gasteiger partial charge on any atom is -0.382 e. The van der Waals surface area contributed by atoms with Gasteiger partial charge in [0.25, 0.3) is 0 Å². The maximum absolute atomic E-state index is 11.8. The van der Waals surface area contributed by atoms with Gasteiger partial charge in [0.1, 0.15) is 5.82 Å². The van der Waals surface area contributed by atoms with Gasteiger partial charge in [0.15, 0.2) is 0 Å². The lowest BCUT2D eigenvalue weighted by atomic mass is 9.99. The highest BCUT2D eigenvalue weighted by Gasteiger charge is 2.25. The summed E-state index contributed by atoms with van der Waals surface area (Å²) in [6.07, 6.45) is 8.42. The molecule has 2 N–H and O–H groups in total. The van der Waals surface area contributed by atoms with E-state index >= 15 is 0 Å². The van der Waals surface area contributed by atoms with Crippen LogP contribution in [-0.4, -0.2) is 54.6 Å². The summed E-state index contributed by atoms with van der Waals surface area (Å²) in [6.45, 7) is 6.05. The normalized spacial score (nSPS) is 15.8. The number of piperidine rings is 1. The van der Waals surface area contributed by atoms with Crippen molar-refractivity contribution < 1.29 is 8.42 Å². The van der Waals surface area contributed by atoms with Crippen molar-refractivity contribution in [2.45, 2.75) is 32.7 Å². The van der Waals surface area contributed by atoms with Crippen LogP contribution in [0.1, 0.15) is 25.3 Å². The molecule has 1 fully saturated rings. The first-order valence-corrected chi connectivity index (χ1v) is 12.5. The maximum Gasteiger partial charge on any atom is 0.211 e. The van der Waals surface area contributed by atoms with E-state index in [4.69, 9.17) is 0 Å². The van der Waals surface area contributed by atoms with E-state index in [0.717, 1.165) is 58.4 Å². The fraction of sp³-hybridized carbons (Fsp3) is 0.391. The highest BCUT2D eigenvalue weighted by atomic mass is 32.2. The first kappa shape index (κ1) is 21.5. The second-order valence-electron chi connectivity index (χ2n) is 8.12. The number of benzene rings is 1. The molecule has 0 atom stereocenters. The number of nitrogens with zero attached hydrogens (tertiary/aromatic N) is 3. The lowest BCUT2D eigenvalue weighted by Crippen LogP contribution is -2.41. The summed E-state index contributed by atoms with van der Waals surface area (Å²) in [5, 5.41) is 9.11. The van der Waals surface area contributed by atoms with Gasteiger partial charge in [-0.2, -0.15) is 0 Å². The third kappa shape index (κ3) is 4.80. The molecular formula is C23H29N5O2S. The SMILES string of the molecule is CCNc1ncc(-c2cc(NC3CCN(S(C)(=O)=O)CC3)c3cnccc3c2)cc1C. The molecule has 0 radical (unpaired) electrons. The largest absolute Gasteiger partial charge is 0.382 e. The zero-order chi connectivity index (χ0) is 22.0. The van der Waals surface area contributed by atoms with E-state index in [1.807, 2.05) is 18.5 Å². The molecule has 0 aliphatic carbocycles. The summed E-state index contributed by atoms with van der Waals surface area (Å²) in [5.74, 6) is 0.909. The summed E-state index contributed by atoms with van der Waals surface area (Å²) in [7, 11) is -3.13. The zero-order valence-electron chi connectivity index (χ0n) is 18.2. The number of nitrogens with one attached hydrogen (secondary N) is 2. The molecule has 0 spiro atoms. The molecule has 1 aliphatic rings. The van der Waals surface area contributed by atoms with Crippen molar-refractivity contribution in [3.63, 3.8) is 0 Å². The zero-order valence-corrected chi connectivity index (χ0v) is 19.0. The number of sulfonamides is 1. The fourth-order valence-electron chi connectivity index (χ4n) is 4.12. The van der Waals surface area contributed by atoms with E-state index in [2.05, 4.69) is 52.6 Å². The van der Waals surface area contributed by atoms with Gasteiger partial charge >= 0.3 is 0 Å². The van der Waals surface area contributed by atoms with E-state index in [-0.39, 0.29) is 6.04 Å². The molecule has 1 aromatic carbocycles.